The van der Waals surface area contributed by atoms with Crippen molar-refractivity contribution in [3.8, 4) is 17.6 Å². The van der Waals surface area contributed by atoms with Crippen LogP contribution < -0.4 is 10.5 Å². The van der Waals surface area contributed by atoms with Crippen LogP contribution in [0.2, 0.25) is 5.02 Å². The quantitative estimate of drug-likeness (QED) is 0.879. The van der Waals surface area contributed by atoms with Gasteiger partial charge in [-0.3, -0.25) is 0 Å². The van der Waals surface area contributed by atoms with Gasteiger partial charge in [0.05, 0.1) is 6.54 Å². The first-order valence-corrected chi connectivity index (χ1v) is 6.42. The predicted octanol–water partition coefficient (Wildman–Crippen LogP) is 3.37. The molecular weight excluding hydrogens is 277 g/mol. The van der Waals surface area contributed by atoms with Gasteiger partial charge in [0.15, 0.2) is 0 Å². The van der Waals surface area contributed by atoms with Crippen molar-refractivity contribution in [2.45, 2.75) is 6.61 Å². The van der Waals surface area contributed by atoms with Gasteiger partial charge in [0.2, 0.25) is 0 Å². The van der Waals surface area contributed by atoms with Crippen LogP contribution >= 0.6 is 11.6 Å². The largest absolute Gasteiger partial charge is 0.489 e. The number of nitrogens with two attached hydrogens (primary N) is 1. The van der Waals surface area contributed by atoms with Gasteiger partial charge in [-0.05, 0) is 29.8 Å². The molecule has 102 valence electrons. The Balaban J connectivity index is 2.09. The van der Waals surface area contributed by atoms with E-state index in [-0.39, 0.29) is 12.4 Å². The zero-order chi connectivity index (χ0) is 14.4. The fraction of sp³-hybridized carbons (Fsp3) is 0.125. The van der Waals surface area contributed by atoms with Crippen molar-refractivity contribution in [3.63, 3.8) is 0 Å². The molecule has 4 heteroatoms. The van der Waals surface area contributed by atoms with Crippen molar-refractivity contribution in [1.29, 1.82) is 0 Å². The Morgan fingerprint density at radius 2 is 1.90 bits per heavy atom. The third-order valence-electron chi connectivity index (χ3n) is 2.52. The molecule has 0 radical (unpaired) electrons. The monoisotopic (exact) mass is 289 g/mol. The molecule has 2 aromatic rings. The second-order valence-electron chi connectivity index (χ2n) is 4.10. The fourth-order valence-electron chi connectivity index (χ4n) is 1.62. The van der Waals surface area contributed by atoms with Crippen LogP contribution in [0.15, 0.2) is 42.5 Å². The molecule has 0 saturated carbocycles. The third-order valence-corrected chi connectivity index (χ3v) is 2.78. The van der Waals surface area contributed by atoms with E-state index in [0.29, 0.717) is 22.9 Å². The molecule has 0 heterocycles. The molecule has 0 saturated heterocycles. The van der Waals surface area contributed by atoms with Gasteiger partial charge in [-0.15, -0.1) is 0 Å². The summed E-state index contributed by atoms with van der Waals surface area (Å²) in [6.45, 7) is 0.571. The number of hydrogen-bond donors (Lipinski definition) is 1. The summed E-state index contributed by atoms with van der Waals surface area (Å²) in [5, 5.41) is 0.666. The van der Waals surface area contributed by atoms with Crippen molar-refractivity contribution in [2.75, 3.05) is 6.54 Å². The summed E-state index contributed by atoms with van der Waals surface area (Å²) in [6, 6.07) is 11.6. The minimum Gasteiger partial charge on any atom is -0.489 e. The molecule has 0 spiro atoms. The molecule has 0 aliphatic heterocycles. The number of halogens is 2. The van der Waals surface area contributed by atoms with Crippen LogP contribution in [0, 0.1) is 17.7 Å². The Morgan fingerprint density at radius 1 is 1.15 bits per heavy atom. The van der Waals surface area contributed by atoms with Crippen molar-refractivity contribution < 1.29 is 9.13 Å². The van der Waals surface area contributed by atoms with E-state index in [0.717, 1.165) is 5.56 Å². The summed E-state index contributed by atoms with van der Waals surface area (Å²) in [5.41, 5.74) is 6.79. The van der Waals surface area contributed by atoms with Gasteiger partial charge in [-0.2, -0.15) is 0 Å². The van der Waals surface area contributed by atoms with Gasteiger partial charge in [0, 0.05) is 16.7 Å². The molecule has 0 fully saturated rings. The van der Waals surface area contributed by atoms with Crippen molar-refractivity contribution >= 4 is 11.6 Å². The van der Waals surface area contributed by atoms with Gasteiger partial charge in [0.1, 0.15) is 18.2 Å². The van der Waals surface area contributed by atoms with Crippen LogP contribution in [-0.4, -0.2) is 6.54 Å². The molecule has 0 aliphatic rings. The second kappa shape index (κ2) is 6.95. The highest BCUT2D eigenvalue weighted by molar-refractivity contribution is 6.30. The lowest BCUT2D eigenvalue weighted by atomic mass is 10.2. The Hall–Kier alpha value is -2.02. The maximum Gasteiger partial charge on any atom is 0.128 e. The van der Waals surface area contributed by atoms with E-state index in [1.54, 1.807) is 18.2 Å². The summed E-state index contributed by atoms with van der Waals surface area (Å²) < 4.78 is 19.0. The van der Waals surface area contributed by atoms with E-state index in [1.165, 1.54) is 12.1 Å². The topological polar surface area (TPSA) is 35.2 Å². The molecular formula is C16H13ClFNO. The van der Waals surface area contributed by atoms with Gasteiger partial charge < -0.3 is 10.5 Å². The first-order chi connectivity index (χ1) is 9.67. The summed E-state index contributed by atoms with van der Waals surface area (Å²) >= 11 is 5.80. The standard InChI is InChI=1S/C16H13ClFNO/c17-14-5-3-12(4-6-14)11-20-16-9-13(2-1-7-19)8-15(18)10-16/h3-6,8-10H,7,11,19H2. The normalized spacial score (nSPS) is 9.75. The molecule has 2 aromatic carbocycles. The Morgan fingerprint density at radius 3 is 2.60 bits per heavy atom. The number of rotatable bonds is 3. The lowest BCUT2D eigenvalue weighted by Crippen LogP contribution is -1.96. The summed E-state index contributed by atoms with van der Waals surface area (Å²) in [6.07, 6.45) is 0. The highest BCUT2D eigenvalue weighted by Crippen LogP contribution is 2.18. The van der Waals surface area contributed by atoms with E-state index < -0.39 is 0 Å². The molecule has 2 nitrogen and oxygen atoms in total. The molecule has 2 rings (SSSR count). The molecule has 0 aromatic heterocycles. The van der Waals surface area contributed by atoms with Crippen LogP contribution in [0.3, 0.4) is 0 Å². The van der Waals surface area contributed by atoms with Crippen molar-refractivity contribution in [2.24, 2.45) is 5.73 Å². The summed E-state index contributed by atoms with van der Waals surface area (Å²) in [5.74, 6) is 5.50. The zero-order valence-corrected chi connectivity index (χ0v) is 11.5. The van der Waals surface area contributed by atoms with Gasteiger partial charge >= 0.3 is 0 Å². The number of ether oxygens (including phenoxy) is 1. The van der Waals surface area contributed by atoms with Gasteiger partial charge in [0.25, 0.3) is 0 Å². The molecule has 0 atom stereocenters. The average molecular weight is 290 g/mol. The SMILES string of the molecule is NCC#Cc1cc(F)cc(OCc2ccc(Cl)cc2)c1. The van der Waals surface area contributed by atoms with Crippen molar-refractivity contribution in [1.82, 2.24) is 0 Å². The maximum atomic E-state index is 13.4. The smallest absolute Gasteiger partial charge is 0.128 e. The number of benzene rings is 2. The van der Waals surface area contributed by atoms with Gasteiger partial charge in [-0.25, -0.2) is 4.39 Å². The van der Waals surface area contributed by atoms with E-state index in [4.69, 9.17) is 22.1 Å². The van der Waals surface area contributed by atoms with Crippen molar-refractivity contribution in [3.05, 3.63) is 64.4 Å². The average Bonchev–Trinajstić information content (AvgIpc) is 2.44. The van der Waals surface area contributed by atoms with E-state index in [2.05, 4.69) is 11.8 Å². The van der Waals surface area contributed by atoms with Crippen LogP contribution in [0.5, 0.6) is 5.75 Å². The predicted molar refractivity (Wildman–Crippen MR) is 78.1 cm³/mol. The Labute approximate surface area is 122 Å². The highest BCUT2D eigenvalue weighted by Gasteiger charge is 2.01. The third kappa shape index (κ3) is 4.27. The Bertz CT molecular complexity index is 644. The molecule has 0 aliphatic carbocycles. The first-order valence-electron chi connectivity index (χ1n) is 6.04. The van der Waals surface area contributed by atoms with Crippen LogP contribution in [0.1, 0.15) is 11.1 Å². The molecule has 0 amide bonds. The molecule has 0 bridgehead atoms. The van der Waals surface area contributed by atoms with Gasteiger partial charge in [-0.1, -0.05) is 35.6 Å². The molecule has 0 unspecified atom stereocenters. The summed E-state index contributed by atoms with van der Waals surface area (Å²) in [7, 11) is 0. The van der Waals surface area contributed by atoms with Crippen LogP contribution in [0.25, 0.3) is 0 Å². The maximum absolute atomic E-state index is 13.4. The summed E-state index contributed by atoms with van der Waals surface area (Å²) in [4.78, 5) is 0. The van der Waals surface area contributed by atoms with E-state index in [1.807, 2.05) is 12.1 Å². The zero-order valence-electron chi connectivity index (χ0n) is 10.7. The fourth-order valence-corrected chi connectivity index (χ4v) is 1.74. The van der Waals surface area contributed by atoms with E-state index in [9.17, 15) is 4.39 Å². The Kier molecular flexibility index (Phi) is 5.00. The van der Waals surface area contributed by atoms with E-state index >= 15 is 0 Å². The highest BCUT2D eigenvalue weighted by atomic mass is 35.5. The minimum absolute atomic E-state index is 0.234. The van der Waals surface area contributed by atoms with Crippen LogP contribution in [0.4, 0.5) is 4.39 Å². The first kappa shape index (κ1) is 14.4. The molecule has 2 N–H and O–H groups in total. The second-order valence-corrected chi connectivity index (χ2v) is 4.53. The number of hydrogen-bond acceptors (Lipinski definition) is 2. The van der Waals surface area contributed by atoms with Crippen LogP contribution in [-0.2, 0) is 6.61 Å². The lowest BCUT2D eigenvalue weighted by Gasteiger charge is -2.07. The molecule has 20 heavy (non-hydrogen) atoms. The minimum atomic E-state index is -0.389. The lowest BCUT2D eigenvalue weighted by molar-refractivity contribution is 0.304.